The van der Waals surface area contributed by atoms with Gasteiger partial charge in [0, 0.05) is 23.3 Å². The highest BCUT2D eigenvalue weighted by molar-refractivity contribution is 7.15. The van der Waals surface area contributed by atoms with Gasteiger partial charge in [-0.1, -0.05) is 51.5 Å². The van der Waals surface area contributed by atoms with Crippen LogP contribution in [0, 0.1) is 18.7 Å². The molecule has 208 valence electrons. The van der Waals surface area contributed by atoms with Crippen molar-refractivity contribution in [1.82, 2.24) is 0 Å². The van der Waals surface area contributed by atoms with Gasteiger partial charge in [0.05, 0.1) is 18.8 Å². The summed E-state index contributed by atoms with van der Waals surface area (Å²) in [5.41, 5.74) is 2.38. The second-order valence-corrected chi connectivity index (χ2v) is 11.6. The summed E-state index contributed by atoms with van der Waals surface area (Å²) in [6.07, 6.45) is -1.57. The van der Waals surface area contributed by atoms with Crippen LogP contribution in [0.4, 0.5) is 4.39 Å². The first-order valence-electron chi connectivity index (χ1n) is 13.2. The molecule has 1 saturated heterocycles. The number of aryl methyl sites for hydroxylation is 1. The van der Waals surface area contributed by atoms with E-state index in [1.807, 2.05) is 37.3 Å². The van der Waals surface area contributed by atoms with Crippen LogP contribution in [-0.4, -0.2) is 47.3 Å². The van der Waals surface area contributed by atoms with Gasteiger partial charge in [-0.2, -0.15) is 0 Å². The third-order valence-electron chi connectivity index (χ3n) is 7.25. The van der Waals surface area contributed by atoms with Gasteiger partial charge in [0.2, 0.25) is 0 Å². The molecular formula is C31H41FO5S. The first kappa shape index (κ1) is 30.4. The van der Waals surface area contributed by atoms with Crippen molar-refractivity contribution in [2.75, 3.05) is 13.7 Å². The van der Waals surface area contributed by atoms with Crippen LogP contribution in [0.15, 0.2) is 54.6 Å². The summed E-state index contributed by atoms with van der Waals surface area (Å²) in [6.45, 7) is 10.1. The van der Waals surface area contributed by atoms with Crippen LogP contribution in [0.25, 0.3) is 10.4 Å². The van der Waals surface area contributed by atoms with E-state index in [2.05, 4.69) is 20.8 Å². The molecule has 5 nitrogen and oxygen atoms in total. The van der Waals surface area contributed by atoms with E-state index in [-0.39, 0.29) is 24.9 Å². The SMILES string of the molecule is CCC(C)C.COC(c1ccc(-c2ccc(F)cc2)s1)c1cc(C2(C)OC(CO)CC(O)[C@H]2O)ccc1C. The Labute approximate surface area is 229 Å². The van der Waals surface area contributed by atoms with Crippen molar-refractivity contribution in [3.63, 3.8) is 0 Å². The largest absolute Gasteiger partial charge is 0.394 e. The maximum absolute atomic E-state index is 13.3. The van der Waals surface area contributed by atoms with Gasteiger partial charge in [-0.15, -0.1) is 11.3 Å². The quantitative estimate of drug-likeness (QED) is 0.322. The molecule has 0 aliphatic carbocycles. The van der Waals surface area contributed by atoms with E-state index >= 15 is 0 Å². The minimum atomic E-state index is -1.18. The number of ether oxygens (including phenoxy) is 2. The molecule has 1 fully saturated rings. The van der Waals surface area contributed by atoms with Crippen molar-refractivity contribution in [1.29, 1.82) is 0 Å². The number of hydrogen-bond acceptors (Lipinski definition) is 6. The number of rotatable bonds is 7. The Kier molecular flexibility index (Phi) is 10.6. The fourth-order valence-electron chi connectivity index (χ4n) is 4.47. The zero-order valence-electron chi connectivity index (χ0n) is 23.1. The third-order valence-corrected chi connectivity index (χ3v) is 8.43. The highest BCUT2D eigenvalue weighted by Crippen LogP contribution is 2.41. The summed E-state index contributed by atoms with van der Waals surface area (Å²) in [5.74, 6) is 0.613. The summed E-state index contributed by atoms with van der Waals surface area (Å²) < 4.78 is 25.2. The van der Waals surface area contributed by atoms with E-state index in [9.17, 15) is 19.7 Å². The molecular weight excluding hydrogens is 503 g/mol. The molecule has 0 radical (unpaired) electrons. The first-order chi connectivity index (χ1) is 18.0. The molecule has 1 aliphatic rings. The molecule has 4 unspecified atom stereocenters. The predicted octanol–water partition coefficient (Wildman–Crippen LogP) is 6.37. The Hall–Kier alpha value is -2.13. The van der Waals surface area contributed by atoms with Crippen molar-refractivity contribution in [2.45, 2.75) is 77.5 Å². The Morgan fingerprint density at radius 2 is 1.76 bits per heavy atom. The third kappa shape index (κ3) is 6.89. The number of benzene rings is 2. The van der Waals surface area contributed by atoms with Gasteiger partial charge < -0.3 is 24.8 Å². The van der Waals surface area contributed by atoms with Gasteiger partial charge >= 0.3 is 0 Å². The van der Waals surface area contributed by atoms with Crippen molar-refractivity contribution in [3.8, 4) is 10.4 Å². The van der Waals surface area contributed by atoms with Crippen LogP contribution < -0.4 is 0 Å². The van der Waals surface area contributed by atoms with Gasteiger partial charge in [0.1, 0.15) is 23.6 Å². The molecule has 2 heterocycles. The number of methoxy groups -OCH3 is 1. The van der Waals surface area contributed by atoms with Gasteiger partial charge in [-0.3, -0.25) is 0 Å². The molecule has 38 heavy (non-hydrogen) atoms. The molecule has 0 amide bonds. The molecule has 0 bridgehead atoms. The molecule has 4 rings (SSSR count). The maximum Gasteiger partial charge on any atom is 0.123 e. The smallest absolute Gasteiger partial charge is 0.123 e. The van der Waals surface area contributed by atoms with Crippen LogP contribution in [0.3, 0.4) is 0 Å². The normalized spacial score (nSPS) is 24.1. The average Bonchev–Trinajstić information content (AvgIpc) is 3.39. The summed E-state index contributed by atoms with van der Waals surface area (Å²) >= 11 is 1.57. The fraction of sp³-hybridized carbons (Fsp3) is 0.484. The summed E-state index contributed by atoms with van der Waals surface area (Å²) in [5, 5.41) is 30.7. The molecule has 0 saturated carbocycles. The lowest BCUT2D eigenvalue weighted by molar-refractivity contribution is -0.232. The Morgan fingerprint density at radius 1 is 1.11 bits per heavy atom. The fourth-order valence-corrected chi connectivity index (χ4v) is 5.58. The maximum atomic E-state index is 13.3. The van der Waals surface area contributed by atoms with Crippen LogP contribution in [-0.2, 0) is 15.1 Å². The number of hydrogen-bond donors (Lipinski definition) is 3. The summed E-state index contributed by atoms with van der Waals surface area (Å²) in [6, 6.07) is 16.2. The predicted molar refractivity (Wildman–Crippen MR) is 151 cm³/mol. The summed E-state index contributed by atoms with van der Waals surface area (Å²) in [4.78, 5) is 1.99. The van der Waals surface area contributed by atoms with E-state index in [1.165, 1.54) is 18.6 Å². The Balaban J connectivity index is 0.000000732. The van der Waals surface area contributed by atoms with E-state index in [1.54, 1.807) is 37.5 Å². The first-order valence-corrected chi connectivity index (χ1v) is 14.0. The lowest BCUT2D eigenvalue weighted by atomic mass is 9.81. The van der Waals surface area contributed by atoms with Crippen molar-refractivity contribution in [3.05, 3.63) is 82.0 Å². The second-order valence-electron chi connectivity index (χ2n) is 10.5. The lowest BCUT2D eigenvalue weighted by Gasteiger charge is -2.45. The minimum Gasteiger partial charge on any atom is -0.394 e. The highest BCUT2D eigenvalue weighted by Gasteiger charge is 2.47. The summed E-state index contributed by atoms with van der Waals surface area (Å²) in [7, 11) is 1.65. The topological polar surface area (TPSA) is 79.2 Å². The average molecular weight is 545 g/mol. The van der Waals surface area contributed by atoms with Gasteiger partial charge in [-0.25, -0.2) is 4.39 Å². The molecule has 3 N–H and O–H groups in total. The molecule has 2 aromatic carbocycles. The number of aliphatic hydroxyl groups excluding tert-OH is 3. The van der Waals surface area contributed by atoms with Crippen molar-refractivity contribution in [2.24, 2.45) is 5.92 Å². The molecule has 7 heteroatoms. The monoisotopic (exact) mass is 544 g/mol. The number of halogens is 1. The van der Waals surface area contributed by atoms with Crippen LogP contribution >= 0.6 is 11.3 Å². The zero-order chi connectivity index (χ0) is 28.0. The van der Waals surface area contributed by atoms with Crippen LogP contribution in [0.5, 0.6) is 0 Å². The van der Waals surface area contributed by atoms with Gasteiger partial charge in [-0.05, 0) is 72.4 Å². The Morgan fingerprint density at radius 3 is 2.34 bits per heavy atom. The second kappa shape index (κ2) is 13.3. The molecule has 1 aliphatic heterocycles. The Bertz CT molecular complexity index is 1160. The number of aliphatic hydroxyl groups is 3. The standard InChI is InChI=1S/C26H29FO5S.C5H12/c1-15-4-7-17(26(2)25(30)21(29)13-19(14-28)32-26)12-20(15)24(31-3)23-11-10-22(33-23)16-5-8-18(27)9-6-16;1-4-5(2)3/h4-12,19,21,24-25,28-30H,13-14H2,1-3H3;5H,4H2,1-3H3/t19?,21?,24?,25-,26?;/m1./s1. The van der Waals surface area contributed by atoms with Crippen molar-refractivity contribution < 1.29 is 29.2 Å². The zero-order valence-corrected chi connectivity index (χ0v) is 24.0. The number of thiophene rings is 1. The lowest BCUT2D eigenvalue weighted by Crippen LogP contribution is -2.55. The van der Waals surface area contributed by atoms with Crippen LogP contribution in [0.2, 0.25) is 0 Å². The van der Waals surface area contributed by atoms with Gasteiger partial charge in [0.25, 0.3) is 0 Å². The van der Waals surface area contributed by atoms with Gasteiger partial charge in [0.15, 0.2) is 0 Å². The van der Waals surface area contributed by atoms with E-state index in [0.717, 1.165) is 32.4 Å². The molecule has 0 spiro atoms. The molecule has 5 atom stereocenters. The molecule has 1 aromatic heterocycles. The highest BCUT2D eigenvalue weighted by atomic mass is 32.1. The van der Waals surface area contributed by atoms with E-state index in [0.29, 0.717) is 5.56 Å². The van der Waals surface area contributed by atoms with Crippen LogP contribution in [0.1, 0.15) is 68.2 Å². The van der Waals surface area contributed by atoms with Crippen molar-refractivity contribution >= 4 is 11.3 Å². The molecule has 3 aromatic rings. The minimum absolute atomic E-state index is 0.175. The van der Waals surface area contributed by atoms with E-state index in [4.69, 9.17) is 9.47 Å². The van der Waals surface area contributed by atoms with E-state index < -0.39 is 23.9 Å².